The van der Waals surface area contributed by atoms with Crippen molar-refractivity contribution < 1.29 is 9.53 Å². The lowest BCUT2D eigenvalue weighted by molar-refractivity contribution is 0.102. The zero-order valence-electron chi connectivity index (χ0n) is 14.1. The standard InChI is InChI=1S/C19H17ClN4O2/c1-2-26-16-8-6-14(7-9-16)22-19(25)17-10-11-18(24-23-17)21-15-5-3-4-13(20)12-15/h3-12H,2H2,1H3,(H,21,24)(H,22,25). The van der Waals surface area contributed by atoms with Crippen LogP contribution in [-0.4, -0.2) is 22.7 Å². The highest BCUT2D eigenvalue weighted by Gasteiger charge is 2.09. The Morgan fingerprint density at radius 3 is 2.50 bits per heavy atom. The normalized spacial score (nSPS) is 10.2. The molecule has 0 aliphatic rings. The van der Waals surface area contributed by atoms with E-state index in [1.54, 1.807) is 48.5 Å². The fourth-order valence-electron chi connectivity index (χ4n) is 2.23. The average molecular weight is 369 g/mol. The maximum Gasteiger partial charge on any atom is 0.276 e. The van der Waals surface area contributed by atoms with Gasteiger partial charge in [-0.2, -0.15) is 0 Å². The van der Waals surface area contributed by atoms with Gasteiger partial charge in [0.05, 0.1) is 6.61 Å². The van der Waals surface area contributed by atoms with Gasteiger partial charge in [-0.3, -0.25) is 4.79 Å². The Labute approximate surface area is 156 Å². The quantitative estimate of drug-likeness (QED) is 0.668. The Bertz CT molecular complexity index is 883. The number of ether oxygens (including phenoxy) is 1. The van der Waals surface area contributed by atoms with Crippen molar-refractivity contribution in [2.75, 3.05) is 17.2 Å². The third-order valence-electron chi connectivity index (χ3n) is 3.42. The molecule has 3 aromatic rings. The molecule has 0 fully saturated rings. The summed E-state index contributed by atoms with van der Waals surface area (Å²) in [6, 6.07) is 17.7. The first kappa shape index (κ1) is 17.7. The lowest BCUT2D eigenvalue weighted by Crippen LogP contribution is -2.14. The lowest BCUT2D eigenvalue weighted by atomic mass is 10.3. The van der Waals surface area contributed by atoms with Gasteiger partial charge in [-0.05, 0) is 61.5 Å². The van der Waals surface area contributed by atoms with E-state index >= 15 is 0 Å². The Morgan fingerprint density at radius 2 is 1.85 bits per heavy atom. The minimum absolute atomic E-state index is 0.218. The Hall–Kier alpha value is -3.12. The van der Waals surface area contributed by atoms with E-state index in [2.05, 4.69) is 20.8 Å². The van der Waals surface area contributed by atoms with Gasteiger partial charge in [0, 0.05) is 16.4 Å². The van der Waals surface area contributed by atoms with Crippen molar-refractivity contribution in [2.45, 2.75) is 6.92 Å². The zero-order chi connectivity index (χ0) is 18.4. The number of carbonyl (C=O) groups excluding carboxylic acids is 1. The molecule has 2 aromatic carbocycles. The number of carbonyl (C=O) groups is 1. The van der Waals surface area contributed by atoms with E-state index in [-0.39, 0.29) is 11.6 Å². The average Bonchev–Trinajstić information content (AvgIpc) is 2.64. The van der Waals surface area contributed by atoms with Crippen LogP contribution in [0, 0.1) is 0 Å². The van der Waals surface area contributed by atoms with Gasteiger partial charge in [0.15, 0.2) is 11.5 Å². The highest BCUT2D eigenvalue weighted by Crippen LogP contribution is 2.19. The first-order valence-corrected chi connectivity index (χ1v) is 8.42. The molecule has 3 rings (SSSR count). The highest BCUT2D eigenvalue weighted by molar-refractivity contribution is 6.30. The number of rotatable bonds is 6. The van der Waals surface area contributed by atoms with Crippen LogP contribution in [-0.2, 0) is 0 Å². The number of hydrogen-bond acceptors (Lipinski definition) is 5. The first-order chi connectivity index (χ1) is 12.6. The van der Waals surface area contributed by atoms with E-state index in [0.717, 1.165) is 11.4 Å². The second-order valence-electron chi connectivity index (χ2n) is 5.35. The molecule has 0 saturated carbocycles. The Kier molecular flexibility index (Phi) is 5.66. The van der Waals surface area contributed by atoms with Crippen LogP contribution in [0.15, 0.2) is 60.7 Å². The van der Waals surface area contributed by atoms with Crippen LogP contribution in [0.1, 0.15) is 17.4 Å². The van der Waals surface area contributed by atoms with E-state index in [1.165, 1.54) is 0 Å². The number of aromatic nitrogens is 2. The number of hydrogen-bond donors (Lipinski definition) is 2. The molecule has 6 nitrogen and oxygen atoms in total. The molecule has 0 radical (unpaired) electrons. The first-order valence-electron chi connectivity index (χ1n) is 8.04. The van der Waals surface area contributed by atoms with Crippen LogP contribution in [0.5, 0.6) is 5.75 Å². The Balaban J connectivity index is 1.63. The van der Waals surface area contributed by atoms with Crippen LogP contribution < -0.4 is 15.4 Å². The summed E-state index contributed by atoms with van der Waals surface area (Å²) in [7, 11) is 0. The molecule has 26 heavy (non-hydrogen) atoms. The molecule has 0 aliphatic heterocycles. The molecule has 2 N–H and O–H groups in total. The molecule has 1 heterocycles. The number of anilines is 3. The Morgan fingerprint density at radius 1 is 1.04 bits per heavy atom. The third-order valence-corrected chi connectivity index (χ3v) is 3.65. The number of nitrogens with one attached hydrogen (secondary N) is 2. The van der Waals surface area contributed by atoms with Gasteiger partial charge in [0.25, 0.3) is 5.91 Å². The van der Waals surface area contributed by atoms with Gasteiger partial charge in [-0.1, -0.05) is 17.7 Å². The molecule has 0 spiro atoms. The lowest BCUT2D eigenvalue weighted by Gasteiger charge is -2.08. The van der Waals surface area contributed by atoms with Crippen LogP contribution in [0.2, 0.25) is 5.02 Å². The summed E-state index contributed by atoms with van der Waals surface area (Å²) in [5.41, 5.74) is 1.66. The van der Waals surface area contributed by atoms with Crippen molar-refractivity contribution in [2.24, 2.45) is 0 Å². The van der Waals surface area contributed by atoms with Crippen molar-refractivity contribution in [1.82, 2.24) is 10.2 Å². The minimum atomic E-state index is -0.337. The van der Waals surface area contributed by atoms with Crippen LogP contribution in [0.25, 0.3) is 0 Å². The third kappa shape index (κ3) is 4.70. The number of nitrogens with zero attached hydrogens (tertiary/aromatic N) is 2. The second kappa shape index (κ2) is 8.31. The topological polar surface area (TPSA) is 76.1 Å². The number of halogens is 1. The summed E-state index contributed by atoms with van der Waals surface area (Å²) < 4.78 is 5.37. The molecule has 132 valence electrons. The molecule has 0 bridgehead atoms. The van der Waals surface area contributed by atoms with Gasteiger partial charge < -0.3 is 15.4 Å². The molecule has 0 atom stereocenters. The molecular formula is C19H17ClN4O2. The molecular weight excluding hydrogens is 352 g/mol. The maximum atomic E-state index is 12.3. The smallest absolute Gasteiger partial charge is 0.276 e. The molecule has 0 saturated heterocycles. The number of benzene rings is 2. The highest BCUT2D eigenvalue weighted by atomic mass is 35.5. The number of amides is 1. The van der Waals surface area contributed by atoms with E-state index in [4.69, 9.17) is 16.3 Å². The van der Waals surface area contributed by atoms with Crippen molar-refractivity contribution in [3.63, 3.8) is 0 Å². The summed E-state index contributed by atoms with van der Waals surface area (Å²) in [6.45, 7) is 2.51. The SMILES string of the molecule is CCOc1ccc(NC(=O)c2ccc(Nc3cccc(Cl)c3)nn2)cc1. The fraction of sp³-hybridized carbons (Fsp3) is 0.105. The van der Waals surface area contributed by atoms with E-state index in [1.807, 2.05) is 19.1 Å². The van der Waals surface area contributed by atoms with Crippen molar-refractivity contribution in [3.8, 4) is 5.75 Å². The minimum Gasteiger partial charge on any atom is -0.494 e. The molecule has 7 heteroatoms. The van der Waals surface area contributed by atoms with Crippen LogP contribution in [0.4, 0.5) is 17.2 Å². The van der Waals surface area contributed by atoms with Crippen molar-refractivity contribution >= 4 is 34.7 Å². The van der Waals surface area contributed by atoms with Gasteiger partial charge in [0.1, 0.15) is 5.75 Å². The maximum absolute atomic E-state index is 12.3. The summed E-state index contributed by atoms with van der Waals surface area (Å²) in [5, 5.41) is 14.4. The van der Waals surface area contributed by atoms with Crippen molar-refractivity contribution in [3.05, 3.63) is 71.4 Å². The summed E-state index contributed by atoms with van der Waals surface area (Å²) in [4.78, 5) is 12.3. The molecule has 1 amide bonds. The van der Waals surface area contributed by atoms with Gasteiger partial charge >= 0.3 is 0 Å². The molecule has 1 aromatic heterocycles. The molecule has 0 aliphatic carbocycles. The summed E-state index contributed by atoms with van der Waals surface area (Å²) in [6.07, 6.45) is 0. The van der Waals surface area contributed by atoms with E-state index < -0.39 is 0 Å². The second-order valence-corrected chi connectivity index (χ2v) is 5.79. The predicted octanol–water partition coefficient (Wildman–Crippen LogP) is 4.52. The molecule has 0 unspecified atom stereocenters. The monoisotopic (exact) mass is 368 g/mol. The van der Waals surface area contributed by atoms with Crippen LogP contribution >= 0.6 is 11.6 Å². The van der Waals surface area contributed by atoms with E-state index in [9.17, 15) is 4.79 Å². The predicted molar refractivity (Wildman–Crippen MR) is 102 cm³/mol. The zero-order valence-corrected chi connectivity index (χ0v) is 14.8. The van der Waals surface area contributed by atoms with Crippen LogP contribution in [0.3, 0.4) is 0 Å². The summed E-state index contributed by atoms with van der Waals surface area (Å²) in [5.74, 6) is 0.933. The van der Waals surface area contributed by atoms with Gasteiger partial charge in [-0.15, -0.1) is 10.2 Å². The fourth-order valence-corrected chi connectivity index (χ4v) is 2.42. The van der Waals surface area contributed by atoms with E-state index in [0.29, 0.717) is 23.1 Å². The van der Waals surface area contributed by atoms with Gasteiger partial charge in [0.2, 0.25) is 0 Å². The largest absolute Gasteiger partial charge is 0.494 e. The van der Waals surface area contributed by atoms with Crippen molar-refractivity contribution in [1.29, 1.82) is 0 Å². The summed E-state index contributed by atoms with van der Waals surface area (Å²) >= 11 is 5.95. The van der Waals surface area contributed by atoms with Gasteiger partial charge in [-0.25, -0.2) is 0 Å².